The molecular formula is C4H5FO3S. The van der Waals surface area contributed by atoms with E-state index in [-0.39, 0.29) is 6.61 Å². The molecule has 52 valence electrons. The van der Waals surface area contributed by atoms with E-state index in [1.807, 2.05) is 0 Å². The van der Waals surface area contributed by atoms with Crippen LogP contribution in [-0.2, 0) is 14.3 Å². The highest BCUT2D eigenvalue weighted by Gasteiger charge is 2.25. The third-order valence-corrected chi connectivity index (χ3v) is 2.06. The number of rotatable bonds is 0. The standard InChI is InChI=1S/C4H5FO3S/c5-4-2-1-3-8-9(4,6)7/h1-2,4H,3H2. The Labute approximate surface area is 52.3 Å². The van der Waals surface area contributed by atoms with Crippen molar-refractivity contribution in [3.8, 4) is 0 Å². The van der Waals surface area contributed by atoms with Crippen LogP contribution in [-0.4, -0.2) is 20.5 Å². The Morgan fingerprint density at radius 1 is 1.67 bits per heavy atom. The van der Waals surface area contributed by atoms with E-state index in [4.69, 9.17) is 0 Å². The fourth-order valence-electron chi connectivity index (χ4n) is 0.458. The maximum atomic E-state index is 12.2. The van der Waals surface area contributed by atoms with E-state index in [0.717, 1.165) is 6.08 Å². The normalized spacial score (nSPS) is 32.3. The van der Waals surface area contributed by atoms with Gasteiger partial charge < -0.3 is 0 Å². The second kappa shape index (κ2) is 2.07. The van der Waals surface area contributed by atoms with Crippen LogP contribution in [0.2, 0.25) is 0 Å². The third-order valence-electron chi connectivity index (χ3n) is 0.892. The topological polar surface area (TPSA) is 43.4 Å². The Bertz CT molecular complexity index is 218. The Kier molecular flexibility index (Phi) is 1.54. The first-order valence-corrected chi connectivity index (χ1v) is 3.79. The molecule has 0 radical (unpaired) electrons. The van der Waals surface area contributed by atoms with Crippen LogP contribution in [0.3, 0.4) is 0 Å². The molecule has 9 heavy (non-hydrogen) atoms. The van der Waals surface area contributed by atoms with Crippen molar-refractivity contribution in [2.24, 2.45) is 0 Å². The van der Waals surface area contributed by atoms with Crippen molar-refractivity contribution in [3.05, 3.63) is 12.2 Å². The summed E-state index contributed by atoms with van der Waals surface area (Å²) in [5, 5.41) is 0. The minimum atomic E-state index is -3.91. The van der Waals surface area contributed by atoms with E-state index in [1.165, 1.54) is 6.08 Å². The minimum absolute atomic E-state index is 0.0528. The van der Waals surface area contributed by atoms with Gasteiger partial charge in [0.15, 0.2) is 0 Å². The van der Waals surface area contributed by atoms with Crippen LogP contribution in [0.4, 0.5) is 4.39 Å². The SMILES string of the molecule is O=S1(=O)OCC=CC1F. The fourth-order valence-corrected chi connectivity index (χ4v) is 1.16. The molecule has 0 aromatic rings. The van der Waals surface area contributed by atoms with Crippen LogP contribution in [0.5, 0.6) is 0 Å². The van der Waals surface area contributed by atoms with Gasteiger partial charge in [-0.05, 0) is 6.08 Å². The highest BCUT2D eigenvalue weighted by atomic mass is 32.2. The van der Waals surface area contributed by atoms with Crippen LogP contribution in [0, 0.1) is 0 Å². The Morgan fingerprint density at radius 2 is 2.33 bits per heavy atom. The molecule has 0 aromatic carbocycles. The van der Waals surface area contributed by atoms with Crippen molar-refractivity contribution < 1.29 is 17.0 Å². The number of halogens is 1. The predicted octanol–water partition coefficient (Wildman–Crippen LogP) is 0.198. The highest BCUT2D eigenvalue weighted by Crippen LogP contribution is 2.11. The molecule has 0 bridgehead atoms. The Balaban J connectivity index is 2.92. The first-order chi connectivity index (χ1) is 4.13. The molecule has 0 aromatic heterocycles. The van der Waals surface area contributed by atoms with Gasteiger partial charge in [-0.3, -0.25) is 4.18 Å². The molecule has 5 heteroatoms. The molecule has 1 aliphatic heterocycles. The minimum Gasteiger partial charge on any atom is -0.263 e. The zero-order valence-electron chi connectivity index (χ0n) is 4.45. The summed E-state index contributed by atoms with van der Waals surface area (Å²) in [7, 11) is -3.91. The zero-order chi connectivity index (χ0) is 6.91. The van der Waals surface area contributed by atoms with Crippen LogP contribution in [0.15, 0.2) is 12.2 Å². The van der Waals surface area contributed by atoms with Gasteiger partial charge in [0.05, 0.1) is 6.61 Å². The molecule has 1 unspecified atom stereocenters. The van der Waals surface area contributed by atoms with Crippen LogP contribution >= 0.6 is 0 Å². The van der Waals surface area contributed by atoms with Crippen molar-refractivity contribution >= 4 is 10.1 Å². The summed E-state index contributed by atoms with van der Waals surface area (Å²) in [4.78, 5) is 0. The molecule has 0 fully saturated rings. The van der Waals surface area contributed by atoms with Crippen LogP contribution < -0.4 is 0 Å². The maximum Gasteiger partial charge on any atom is 0.304 e. The maximum absolute atomic E-state index is 12.2. The molecule has 1 atom stereocenters. The van der Waals surface area contributed by atoms with E-state index in [2.05, 4.69) is 4.18 Å². The van der Waals surface area contributed by atoms with Gasteiger partial charge in [0.2, 0.25) is 5.50 Å². The van der Waals surface area contributed by atoms with Gasteiger partial charge in [0.1, 0.15) is 0 Å². The van der Waals surface area contributed by atoms with Gasteiger partial charge in [0.25, 0.3) is 0 Å². The molecule has 0 N–H and O–H groups in total. The van der Waals surface area contributed by atoms with Crippen molar-refractivity contribution in [2.75, 3.05) is 6.61 Å². The van der Waals surface area contributed by atoms with E-state index in [0.29, 0.717) is 0 Å². The lowest BCUT2D eigenvalue weighted by molar-refractivity contribution is 0.315. The average Bonchev–Trinajstić information content (AvgIpc) is 1.77. The van der Waals surface area contributed by atoms with Gasteiger partial charge in [-0.2, -0.15) is 8.42 Å². The van der Waals surface area contributed by atoms with Gasteiger partial charge >= 0.3 is 10.1 Å². The monoisotopic (exact) mass is 152 g/mol. The summed E-state index contributed by atoms with van der Waals surface area (Å²) < 4.78 is 36.9. The average molecular weight is 152 g/mol. The van der Waals surface area contributed by atoms with Crippen molar-refractivity contribution in [1.82, 2.24) is 0 Å². The largest absolute Gasteiger partial charge is 0.304 e. The van der Waals surface area contributed by atoms with Crippen molar-refractivity contribution in [1.29, 1.82) is 0 Å². The number of hydrogen-bond donors (Lipinski definition) is 0. The lowest BCUT2D eigenvalue weighted by Crippen LogP contribution is -2.20. The second-order valence-electron chi connectivity index (χ2n) is 1.56. The van der Waals surface area contributed by atoms with E-state index in [1.54, 1.807) is 0 Å². The fraction of sp³-hybridized carbons (Fsp3) is 0.500. The molecule has 0 aliphatic carbocycles. The molecule has 3 nitrogen and oxygen atoms in total. The molecule has 1 aliphatic rings. The van der Waals surface area contributed by atoms with Gasteiger partial charge in [0, 0.05) is 0 Å². The smallest absolute Gasteiger partial charge is 0.263 e. The Hall–Kier alpha value is -0.420. The predicted molar refractivity (Wildman–Crippen MR) is 28.9 cm³/mol. The molecule has 1 rings (SSSR count). The molecule has 0 amide bonds. The quantitative estimate of drug-likeness (QED) is 0.368. The Morgan fingerprint density at radius 3 is 2.67 bits per heavy atom. The first kappa shape index (κ1) is 6.70. The summed E-state index contributed by atoms with van der Waals surface area (Å²) >= 11 is 0. The van der Waals surface area contributed by atoms with Gasteiger partial charge in [-0.15, -0.1) is 0 Å². The van der Waals surface area contributed by atoms with E-state index < -0.39 is 15.6 Å². The summed E-state index contributed by atoms with van der Waals surface area (Å²) in [6.07, 6.45) is 2.28. The molecule has 0 saturated carbocycles. The summed E-state index contributed by atoms with van der Waals surface area (Å²) in [6.45, 7) is -0.0528. The van der Waals surface area contributed by atoms with Crippen LogP contribution in [0.25, 0.3) is 0 Å². The first-order valence-electron chi connectivity index (χ1n) is 2.32. The van der Waals surface area contributed by atoms with Crippen molar-refractivity contribution in [3.63, 3.8) is 0 Å². The zero-order valence-corrected chi connectivity index (χ0v) is 5.27. The number of hydrogen-bond acceptors (Lipinski definition) is 3. The highest BCUT2D eigenvalue weighted by molar-refractivity contribution is 7.87. The van der Waals surface area contributed by atoms with E-state index in [9.17, 15) is 12.8 Å². The van der Waals surface area contributed by atoms with Gasteiger partial charge in [-0.1, -0.05) is 6.08 Å². The second-order valence-corrected chi connectivity index (χ2v) is 3.23. The van der Waals surface area contributed by atoms with Gasteiger partial charge in [-0.25, -0.2) is 4.39 Å². The number of alkyl halides is 1. The summed E-state index contributed by atoms with van der Waals surface area (Å²) in [5.74, 6) is 0. The summed E-state index contributed by atoms with van der Waals surface area (Å²) in [6, 6.07) is 0. The molecule has 0 saturated heterocycles. The van der Waals surface area contributed by atoms with Crippen molar-refractivity contribution in [2.45, 2.75) is 5.50 Å². The lowest BCUT2D eigenvalue weighted by atomic mass is 10.5. The van der Waals surface area contributed by atoms with E-state index >= 15 is 0 Å². The van der Waals surface area contributed by atoms with Crippen LogP contribution in [0.1, 0.15) is 0 Å². The lowest BCUT2D eigenvalue weighted by Gasteiger charge is -2.08. The molecule has 0 spiro atoms. The third kappa shape index (κ3) is 1.28. The molecule has 1 heterocycles. The summed E-state index contributed by atoms with van der Waals surface area (Å²) in [5.41, 5.74) is -1.98. The molecular weight excluding hydrogens is 147 g/mol.